The molecule has 1 aromatic heterocycles. The molecule has 2 rings (SSSR count). The highest BCUT2D eigenvalue weighted by molar-refractivity contribution is 7.60. The van der Waals surface area contributed by atoms with Crippen molar-refractivity contribution in [2.75, 3.05) is 12.3 Å². The van der Waals surface area contributed by atoms with E-state index in [0.29, 0.717) is 0 Å². The number of nitrogen functional groups attached to an aromatic ring is 1. The molecule has 14 nitrogen and oxygen atoms in total. The van der Waals surface area contributed by atoms with E-state index in [0.717, 1.165) is 0 Å². The molecule has 142 valence electrons. The number of ether oxygens (including phenoxy) is 1. The van der Waals surface area contributed by atoms with Crippen molar-refractivity contribution in [2.45, 2.75) is 24.4 Å². The van der Waals surface area contributed by atoms with Crippen molar-refractivity contribution in [1.29, 1.82) is 4.29 Å². The zero-order chi connectivity index (χ0) is 29.9. The molecule has 1 aromatic rings. The maximum atomic E-state index is 12.6. The number of hydrogen-bond donors (Lipinski definition) is 6. The summed E-state index contributed by atoms with van der Waals surface area (Å²) < 4.78 is 136. The van der Waals surface area contributed by atoms with Gasteiger partial charge < -0.3 is 35.4 Å². The molecule has 2 heterocycles. The minimum atomic E-state index is -6.09. The van der Waals surface area contributed by atoms with Crippen LogP contribution in [0.25, 0.3) is 0 Å². The van der Waals surface area contributed by atoms with Gasteiger partial charge in [-0.05, 0) is 6.04 Å². The van der Waals surface area contributed by atoms with Crippen LogP contribution in [0.4, 0.5) is 5.82 Å². The summed E-state index contributed by atoms with van der Waals surface area (Å²) in [5.74, 6) is -1.12. The van der Waals surface area contributed by atoms with E-state index in [1.807, 2.05) is 0 Å². The van der Waals surface area contributed by atoms with E-state index in [-0.39, 0.29) is 0 Å². The zero-order valence-corrected chi connectivity index (χ0v) is 13.1. The molecule has 0 bridgehead atoms. The smallest absolute Gasteiger partial charge is 0.387 e. The van der Waals surface area contributed by atoms with Crippen LogP contribution in [0.15, 0.2) is 17.0 Å². The van der Waals surface area contributed by atoms with E-state index in [1.54, 1.807) is 0 Å². The number of nitrogens with two attached hydrogens (primary N) is 1. The fourth-order valence-corrected chi connectivity index (χ4v) is 2.68. The Balaban J connectivity index is 2.90. The number of phosphoric acid groups is 2. The predicted molar refractivity (Wildman–Crippen MR) is 77.7 cm³/mol. The lowest BCUT2D eigenvalue weighted by atomic mass is 10.1. The monoisotopic (exact) mass is 416 g/mol. The molecular formula is C9H15N3O11P2. The molecule has 0 saturated carbocycles. The molecule has 1 aliphatic rings. The van der Waals surface area contributed by atoms with Gasteiger partial charge >= 0.3 is 21.3 Å². The van der Waals surface area contributed by atoms with E-state index in [1.165, 1.54) is 0 Å². The number of hydrogen-bond acceptors (Lipinski definition) is 11. The second-order valence-corrected chi connectivity index (χ2v) is 6.61. The van der Waals surface area contributed by atoms with E-state index >= 15 is 0 Å². The Labute approximate surface area is 157 Å². The van der Waals surface area contributed by atoms with Crippen LogP contribution in [0.3, 0.4) is 0 Å². The Morgan fingerprint density at radius 2 is 2.32 bits per heavy atom. The van der Waals surface area contributed by atoms with Gasteiger partial charge in [-0.15, -0.1) is 0 Å². The normalized spacial score (nSPS) is 49.0. The minimum Gasteiger partial charge on any atom is -0.387 e. The summed E-state index contributed by atoms with van der Waals surface area (Å²) in [6.07, 6.45) is -18.4. The van der Waals surface area contributed by atoms with Crippen LogP contribution >= 0.6 is 15.6 Å². The standard InChI is InChI=1S/C9H15N3O11P2/c10-5-1-2-12(9(15)11-5)8-7(14)6(13)4(22-8)3-21-25(19,20)23-24(16,17)18/h1-2,4,6-8,13-14H,3H2,(H,19,20)(H2,10,11,15)(H2,16,17,18)/t4?,6-,7-,8?/m0/s1/i1D,2D,3D2,4D,6D,7D,8D,13D,14D/hD3. The van der Waals surface area contributed by atoms with Crippen LogP contribution in [0, 0.1) is 0 Å². The third kappa shape index (κ3) is 5.15. The van der Waals surface area contributed by atoms with Crippen LogP contribution in [0.5, 0.6) is 0 Å². The summed E-state index contributed by atoms with van der Waals surface area (Å²) in [7, 11) is -12.0. The summed E-state index contributed by atoms with van der Waals surface area (Å²) in [5, 5.41) is 7.84. The maximum Gasteiger partial charge on any atom is 0.481 e. The molecule has 25 heavy (non-hydrogen) atoms. The first kappa shape index (κ1) is 8.67. The largest absolute Gasteiger partial charge is 0.481 e. The Morgan fingerprint density at radius 1 is 1.56 bits per heavy atom. The van der Waals surface area contributed by atoms with Gasteiger partial charge in [0.2, 0.25) is 4.29 Å². The number of rotatable bonds is 10. The number of anilines is 1. The van der Waals surface area contributed by atoms with Crippen molar-refractivity contribution in [1.82, 2.24) is 9.55 Å². The molecule has 16 heteroatoms. The van der Waals surface area contributed by atoms with E-state index in [9.17, 15) is 13.9 Å². The van der Waals surface area contributed by atoms with Crippen molar-refractivity contribution in [3.63, 3.8) is 0 Å². The Bertz CT molecular complexity index is 1250. The zero-order valence-electron chi connectivity index (χ0n) is 24.3. The van der Waals surface area contributed by atoms with Gasteiger partial charge in [0.15, 0.2) is 9.03 Å². The second-order valence-electron chi connectivity index (χ2n) is 3.90. The molecule has 0 aliphatic carbocycles. The molecule has 1 fully saturated rings. The molecule has 3 unspecified atom stereocenters. The van der Waals surface area contributed by atoms with Crippen molar-refractivity contribution in [3.05, 3.63) is 22.7 Å². The van der Waals surface area contributed by atoms with Crippen molar-refractivity contribution < 1.29 is 61.4 Å². The highest BCUT2D eigenvalue weighted by atomic mass is 31.3. The van der Waals surface area contributed by atoms with Crippen LogP contribution in [-0.4, -0.2) is 63.5 Å². The topological polar surface area (TPSA) is 224 Å². The van der Waals surface area contributed by atoms with Crippen molar-refractivity contribution >= 4 is 21.5 Å². The first-order valence-corrected chi connectivity index (χ1v) is 8.55. The van der Waals surface area contributed by atoms with Crippen molar-refractivity contribution in [2.24, 2.45) is 0 Å². The van der Waals surface area contributed by atoms with E-state index in [2.05, 4.69) is 28.9 Å². The van der Waals surface area contributed by atoms with E-state index < -0.39 is 80.7 Å². The van der Waals surface area contributed by atoms with Gasteiger partial charge in [0, 0.05) is 6.17 Å². The molecule has 1 saturated heterocycles. The summed E-state index contributed by atoms with van der Waals surface area (Å²) in [4.78, 5) is 36.7. The molecule has 0 aromatic carbocycles. The minimum absolute atomic E-state index is 0.407. The second kappa shape index (κ2) is 7.21. The molecule has 7 N–H and O–H groups in total. The molecule has 0 amide bonds. The summed E-state index contributed by atoms with van der Waals surface area (Å²) >= 11 is 0. The van der Waals surface area contributed by atoms with Gasteiger partial charge in [0.1, 0.15) is 24.1 Å². The summed E-state index contributed by atoms with van der Waals surface area (Å²) in [6.45, 7) is -4.46. The third-order valence-electron chi connectivity index (χ3n) is 2.14. The van der Waals surface area contributed by atoms with Gasteiger partial charge in [-0.25, -0.2) is 13.9 Å². The highest BCUT2D eigenvalue weighted by Gasteiger charge is 2.45. The fourth-order valence-electron chi connectivity index (χ4n) is 1.31. The maximum absolute atomic E-state index is 12.6. The number of nitrogens with zero attached hydrogens (tertiary/aromatic N) is 2. The van der Waals surface area contributed by atoms with E-state index in [4.69, 9.17) is 32.6 Å². The molecule has 0 spiro atoms. The quantitative estimate of drug-likeness (QED) is 0.220. The van der Waals surface area contributed by atoms with Crippen molar-refractivity contribution in [3.8, 4) is 0 Å². The molecular weight excluding hydrogens is 388 g/mol. The first-order chi connectivity index (χ1) is 17.0. The highest BCUT2D eigenvalue weighted by Crippen LogP contribution is 2.57. The summed E-state index contributed by atoms with van der Waals surface area (Å²) in [6, 6.07) is -1.29. The molecule has 5 atom stereocenters. The fraction of sp³-hybridized carbons (Fsp3) is 0.556. The van der Waals surface area contributed by atoms with Crippen LogP contribution in [0.2, 0.25) is 2.82 Å². The van der Waals surface area contributed by atoms with Crippen LogP contribution in [-0.2, 0) is 22.7 Å². The first-order valence-electron chi connectivity index (χ1n) is 11.7. The lowest BCUT2D eigenvalue weighted by Gasteiger charge is -2.17. The summed E-state index contributed by atoms with van der Waals surface area (Å²) in [5.41, 5.74) is -2.34. The molecule has 1 aliphatic heterocycles. The van der Waals surface area contributed by atoms with Gasteiger partial charge in [0.05, 0.1) is 17.5 Å². The van der Waals surface area contributed by atoms with Gasteiger partial charge in [-0.2, -0.15) is 9.29 Å². The van der Waals surface area contributed by atoms with Gasteiger partial charge in [-0.3, -0.25) is 9.09 Å². The lowest BCUT2D eigenvalue weighted by Crippen LogP contribution is -2.36. The predicted octanol–water partition coefficient (Wildman–Crippen LogP) is -2.33. The van der Waals surface area contributed by atoms with Crippen LogP contribution in [0.1, 0.15) is 17.2 Å². The average Bonchev–Trinajstić information content (AvgIpc) is 2.91. The third-order valence-corrected chi connectivity index (χ3v) is 4.10. The van der Waals surface area contributed by atoms with Crippen LogP contribution < -0.4 is 11.4 Å². The van der Waals surface area contributed by atoms with Gasteiger partial charge in [0.25, 0.3) is 0 Å². The Hall–Kier alpha value is -1.18. The Kier molecular flexibility index (Phi) is 2.50. The number of phosphoric ester groups is 1. The molecule has 0 radical (unpaired) electrons. The number of aromatic nitrogens is 2. The number of aliphatic hydroxyl groups is 2. The SMILES string of the molecule is [2H]O[C@@]1([2H])C([2H])(C([2H])([2H])OP(=O)(O[2H])OP(=O)(O)O)OC([2H])(n2c([2H])c([2H])c(N([2H])[2H])nc2=O)[C@@]1([2H])O[2H]. The average molecular weight is 416 g/mol. The lowest BCUT2D eigenvalue weighted by molar-refractivity contribution is -0.0541. The Morgan fingerprint density at radius 3 is 2.92 bits per heavy atom. The van der Waals surface area contributed by atoms with Gasteiger partial charge in [-0.1, -0.05) is 0 Å².